The van der Waals surface area contributed by atoms with Crippen LogP contribution in [0.5, 0.6) is 0 Å². The van der Waals surface area contributed by atoms with Gasteiger partial charge in [-0.2, -0.15) is 4.98 Å². The van der Waals surface area contributed by atoms with E-state index >= 15 is 0 Å². The topological polar surface area (TPSA) is 98.2 Å². The van der Waals surface area contributed by atoms with E-state index in [9.17, 15) is 9.59 Å². The van der Waals surface area contributed by atoms with Crippen LogP contribution in [0, 0.1) is 0 Å². The molecule has 0 fully saturated rings. The van der Waals surface area contributed by atoms with E-state index in [0.29, 0.717) is 5.82 Å². The normalized spacial score (nSPS) is 10.2. The summed E-state index contributed by atoms with van der Waals surface area (Å²) in [5.74, 6) is -0.786. The third kappa shape index (κ3) is 1.97. The summed E-state index contributed by atoms with van der Waals surface area (Å²) in [6.45, 7) is 0.0798. The summed E-state index contributed by atoms with van der Waals surface area (Å²) < 4.78 is 5.71. The van der Waals surface area contributed by atoms with E-state index in [0.717, 1.165) is 6.39 Å². The first-order valence-corrected chi connectivity index (χ1v) is 4.36. The van der Waals surface area contributed by atoms with Gasteiger partial charge in [-0.05, 0) is 6.07 Å². The molecule has 82 valence electrons. The minimum atomic E-state index is -1.10. The lowest BCUT2D eigenvalue weighted by Gasteiger charge is -2.02. The van der Waals surface area contributed by atoms with Gasteiger partial charge in [0.05, 0.1) is 12.1 Å². The Bertz CT molecular complexity index is 558. The third-order valence-electron chi connectivity index (χ3n) is 1.95. The molecule has 0 radical (unpaired) electrons. The Kier molecular flexibility index (Phi) is 2.50. The summed E-state index contributed by atoms with van der Waals surface area (Å²) in [5, 5.41) is 12.3. The van der Waals surface area contributed by atoms with Gasteiger partial charge in [-0.3, -0.25) is 4.79 Å². The maximum Gasteiger partial charge on any atom is 0.337 e. The van der Waals surface area contributed by atoms with Crippen LogP contribution in [-0.4, -0.2) is 25.8 Å². The third-order valence-corrected chi connectivity index (χ3v) is 1.95. The summed E-state index contributed by atoms with van der Waals surface area (Å²) in [6, 6.07) is 2.43. The van der Waals surface area contributed by atoms with Crippen molar-refractivity contribution in [2.24, 2.45) is 0 Å². The van der Waals surface area contributed by atoms with Crippen LogP contribution in [0.15, 0.2) is 34.0 Å². The molecule has 0 saturated heterocycles. The van der Waals surface area contributed by atoms with Crippen molar-refractivity contribution >= 4 is 5.97 Å². The van der Waals surface area contributed by atoms with Crippen LogP contribution in [-0.2, 0) is 6.54 Å². The molecule has 2 rings (SSSR count). The molecular weight excluding hydrogens is 214 g/mol. The fourth-order valence-electron chi connectivity index (χ4n) is 1.20. The van der Waals surface area contributed by atoms with E-state index in [2.05, 4.69) is 14.7 Å². The first kappa shape index (κ1) is 10.1. The second-order valence-corrected chi connectivity index (χ2v) is 3.04. The lowest BCUT2D eigenvalue weighted by atomic mass is 10.3. The van der Waals surface area contributed by atoms with Gasteiger partial charge in [-0.1, -0.05) is 5.16 Å². The highest BCUT2D eigenvalue weighted by Crippen LogP contribution is 1.98. The molecule has 16 heavy (non-hydrogen) atoms. The zero-order valence-corrected chi connectivity index (χ0v) is 8.03. The predicted molar refractivity (Wildman–Crippen MR) is 51.1 cm³/mol. The highest BCUT2D eigenvalue weighted by atomic mass is 16.5. The zero-order chi connectivity index (χ0) is 11.5. The van der Waals surface area contributed by atoms with E-state index in [1.165, 1.54) is 22.9 Å². The largest absolute Gasteiger partial charge is 0.478 e. The van der Waals surface area contributed by atoms with E-state index in [1.54, 1.807) is 0 Å². The van der Waals surface area contributed by atoms with Crippen molar-refractivity contribution in [1.29, 1.82) is 0 Å². The fraction of sp³-hybridized carbons (Fsp3) is 0.111. The molecule has 0 spiro atoms. The summed E-state index contributed by atoms with van der Waals surface area (Å²) in [7, 11) is 0. The van der Waals surface area contributed by atoms with Crippen molar-refractivity contribution in [2.75, 3.05) is 0 Å². The van der Waals surface area contributed by atoms with Crippen LogP contribution in [0.1, 0.15) is 16.2 Å². The Morgan fingerprint density at radius 3 is 2.94 bits per heavy atom. The number of carboxylic acid groups (broad SMARTS) is 1. The minimum absolute atomic E-state index is 0.0306. The highest BCUT2D eigenvalue weighted by Gasteiger charge is 2.07. The first-order chi connectivity index (χ1) is 7.66. The number of aromatic nitrogens is 3. The van der Waals surface area contributed by atoms with E-state index < -0.39 is 5.97 Å². The summed E-state index contributed by atoms with van der Waals surface area (Å²) in [6.07, 6.45) is 2.38. The van der Waals surface area contributed by atoms with Gasteiger partial charge in [-0.25, -0.2) is 4.79 Å². The molecule has 2 aromatic rings. The van der Waals surface area contributed by atoms with Gasteiger partial charge in [0.25, 0.3) is 5.56 Å². The number of rotatable bonds is 3. The van der Waals surface area contributed by atoms with E-state index in [-0.39, 0.29) is 17.7 Å². The minimum Gasteiger partial charge on any atom is -0.478 e. The van der Waals surface area contributed by atoms with Gasteiger partial charge in [-0.15, -0.1) is 0 Å². The van der Waals surface area contributed by atoms with Gasteiger partial charge >= 0.3 is 5.97 Å². The van der Waals surface area contributed by atoms with Crippen LogP contribution < -0.4 is 5.56 Å². The smallest absolute Gasteiger partial charge is 0.337 e. The van der Waals surface area contributed by atoms with Crippen molar-refractivity contribution in [2.45, 2.75) is 6.54 Å². The first-order valence-electron chi connectivity index (χ1n) is 4.36. The molecule has 0 aromatic carbocycles. The summed E-state index contributed by atoms with van der Waals surface area (Å²) in [4.78, 5) is 25.8. The Labute approximate surface area is 89.0 Å². The maximum atomic E-state index is 11.4. The Balaban J connectivity index is 2.36. The Morgan fingerprint density at radius 1 is 1.50 bits per heavy atom. The molecule has 0 bridgehead atoms. The van der Waals surface area contributed by atoms with Crippen LogP contribution in [0.3, 0.4) is 0 Å². The second kappa shape index (κ2) is 3.97. The quantitative estimate of drug-likeness (QED) is 0.781. The number of hydrogen-bond donors (Lipinski definition) is 1. The van der Waals surface area contributed by atoms with Crippen LogP contribution in [0.4, 0.5) is 0 Å². The number of carbonyl (C=O) groups is 1. The van der Waals surface area contributed by atoms with Crippen molar-refractivity contribution in [3.63, 3.8) is 0 Å². The fourth-order valence-corrected chi connectivity index (χ4v) is 1.20. The molecule has 0 atom stereocenters. The molecule has 7 heteroatoms. The molecule has 0 aliphatic carbocycles. The Hall–Kier alpha value is -2.44. The average Bonchev–Trinajstić information content (AvgIpc) is 2.73. The van der Waals surface area contributed by atoms with Crippen molar-refractivity contribution < 1.29 is 14.4 Å². The SMILES string of the molecule is O=C(O)c1ccc(=O)n(Cc2ncon2)c1. The highest BCUT2D eigenvalue weighted by molar-refractivity contribution is 5.87. The average molecular weight is 221 g/mol. The standard InChI is InChI=1S/C9H7N3O4/c13-8-2-1-6(9(14)15)3-12(8)4-7-10-5-16-11-7/h1-3,5H,4H2,(H,14,15). The molecule has 0 aliphatic heterocycles. The predicted octanol–water partition coefficient (Wildman–Crippen LogP) is -0.0222. The number of hydrogen-bond acceptors (Lipinski definition) is 5. The monoisotopic (exact) mass is 221 g/mol. The maximum absolute atomic E-state index is 11.4. The molecule has 0 aliphatic rings. The molecule has 1 N–H and O–H groups in total. The lowest BCUT2D eigenvalue weighted by molar-refractivity contribution is 0.0696. The molecule has 2 heterocycles. The van der Waals surface area contributed by atoms with Gasteiger partial charge in [0, 0.05) is 12.3 Å². The summed E-state index contributed by atoms with van der Waals surface area (Å²) >= 11 is 0. The lowest BCUT2D eigenvalue weighted by Crippen LogP contribution is -2.21. The van der Waals surface area contributed by atoms with E-state index in [4.69, 9.17) is 5.11 Å². The Morgan fingerprint density at radius 2 is 2.31 bits per heavy atom. The molecule has 0 saturated carbocycles. The van der Waals surface area contributed by atoms with Crippen LogP contribution in [0.2, 0.25) is 0 Å². The van der Waals surface area contributed by atoms with Crippen molar-refractivity contribution in [3.05, 3.63) is 46.5 Å². The number of nitrogens with zero attached hydrogens (tertiary/aromatic N) is 3. The number of pyridine rings is 1. The molecular formula is C9H7N3O4. The molecule has 7 nitrogen and oxygen atoms in total. The molecule has 2 aromatic heterocycles. The second-order valence-electron chi connectivity index (χ2n) is 3.04. The molecule has 0 unspecified atom stereocenters. The van der Waals surface area contributed by atoms with Crippen molar-refractivity contribution in [3.8, 4) is 0 Å². The van der Waals surface area contributed by atoms with Crippen LogP contribution in [0.25, 0.3) is 0 Å². The van der Waals surface area contributed by atoms with Crippen LogP contribution >= 0.6 is 0 Å². The summed E-state index contributed by atoms with van der Waals surface area (Å²) in [5.41, 5.74) is -0.294. The van der Waals surface area contributed by atoms with E-state index in [1.807, 2.05) is 0 Å². The number of aromatic carboxylic acids is 1. The number of carboxylic acids is 1. The molecule has 0 amide bonds. The van der Waals surface area contributed by atoms with Gasteiger partial charge < -0.3 is 14.2 Å². The van der Waals surface area contributed by atoms with Gasteiger partial charge in [0.15, 0.2) is 5.82 Å². The zero-order valence-electron chi connectivity index (χ0n) is 8.03. The van der Waals surface area contributed by atoms with Gasteiger partial charge in [0.2, 0.25) is 6.39 Å². The van der Waals surface area contributed by atoms with Gasteiger partial charge in [0.1, 0.15) is 0 Å². The van der Waals surface area contributed by atoms with Crippen molar-refractivity contribution in [1.82, 2.24) is 14.7 Å².